The van der Waals surface area contributed by atoms with Gasteiger partial charge in [0.15, 0.2) is 5.78 Å². The lowest BCUT2D eigenvalue weighted by Gasteiger charge is -2.21. The van der Waals surface area contributed by atoms with E-state index in [0.29, 0.717) is 12.8 Å². The molecule has 0 aromatic rings. The molecular formula is C11H23N3O. The number of ketones is 1. The molecule has 4 nitrogen and oxygen atoms in total. The Labute approximate surface area is 91.9 Å². The summed E-state index contributed by atoms with van der Waals surface area (Å²) in [5, 5.41) is 7.04. The third-order valence-corrected chi connectivity index (χ3v) is 2.29. The number of hydrogen-bond donors (Lipinski definition) is 3. The van der Waals surface area contributed by atoms with Gasteiger partial charge in [0, 0.05) is 11.8 Å². The summed E-state index contributed by atoms with van der Waals surface area (Å²) in [6, 6.07) is -0.378. The lowest BCUT2D eigenvalue weighted by Crippen LogP contribution is -2.38. The molecule has 0 saturated carbocycles. The minimum atomic E-state index is -0.378. The average molecular weight is 213 g/mol. The van der Waals surface area contributed by atoms with E-state index in [9.17, 15) is 4.79 Å². The summed E-state index contributed by atoms with van der Waals surface area (Å²) >= 11 is 0. The number of unbranched alkanes of at least 4 members (excludes halogenated alkanes) is 1. The molecule has 4 heteroatoms. The van der Waals surface area contributed by atoms with Gasteiger partial charge >= 0.3 is 0 Å². The summed E-state index contributed by atoms with van der Waals surface area (Å²) in [4.78, 5) is 11.7. The highest BCUT2D eigenvalue weighted by Gasteiger charge is 2.26. The normalized spacial score (nSPS) is 13.6. The third kappa shape index (κ3) is 6.23. The Balaban J connectivity index is 3.80. The molecule has 5 N–H and O–H groups in total. The van der Waals surface area contributed by atoms with Crippen LogP contribution in [0.3, 0.4) is 0 Å². The molecule has 0 spiro atoms. The lowest BCUT2D eigenvalue weighted by molar-refractivity contribution is -0.127. The highest BCUT2D eigenvalue weighted by Crippen LogP contribution is 2.18. The van der Waals surface area contributed by atoms with Gasteiger partial charge in [0.2, 0.25) is 0 Å². The van der Waals surface area contributed by atoms with Gasteiger partial charge in [0.1, 0.15) is 0 Å². The molecule has 0 aliphatic rings. The van der Waals surface area contributed by atoms with Gasteiger partial charge in [-0.15, -0.1) is 0 Å². The van der Waals surface area contributed by atoms with Crippen molar-refractivity contribution < 1.29 is 4.79 Å². The second-order valence-corrected chi connectivity index (χ2v) is 4.99. The van der Waals surface area contributed by atoms with Gasteiger partial charge in [0.05, 0.1) is 11.9 Å². The number of rotatable bonds is 6. The third-order valence-electron chi connectivity index (χ3n) is 2.29. The van der Waals surface area contributed by atoms with Crippen molar-refractivity contribution in [1.82, 2.24) is 0 Å². The van der Waals surface area contributed by atoms with Gasteiger partial charge in [-0.3, -0.25) is 10.2 Å². The van der Waals surface area contributed by atoms with E-state index in [0.717, 1.165) is 12.8 Å². The van der Waals surface area contributed by atoms with Gasteiger partial charge in [-0.1, -0.05) is 27.2 Å². The molecule has 15 heavy (non-hydrogen) atoms. The van der Waals surface area contributed by atoms with E-state index in [2.05, 4.69) is 0 Å². The number of nitrogens with two attached hydrogens (primary N) is 2. The zero-order chi connectivity index (χ0) is 12.1. The number of nitrogens with one attached hydrogen (secondary N) is 1. The minimum absolute atomic E-state index is 0.102. The molecule has 1 unspecified atom stereocenters. The number of hydrogen-bond acceptors (Lipinski definition) is 3. The van der Waals surface area contributed by atoms with Crippen LogP contribution in [0.4, 0.5) is 0 Å². The predicted molar refractivity (Wildman–Crippen MR) is 62.8 cm³/mol. The summed E-state index contributed by atoms with van der Waals surface area (Å²) < 4.78 is 0. The maximum atomic E-state index is 11.7. The highest BCUT2D eigenvalue weighted by molar-refractivity contribution is 5.88. The van der Waals surface area contributed by atoms with Crippen LogP contribution in [0.15, 0.2) is 0 Å². The summed E-state index contributed by atoms with van der Waals surface area (Å²) in [7, 11) is 0. The van der Waals surface area contributed by atoms with E-state index >= 15 is 0 Å². The van der Waals surface area contributed by atoms with Crippen LogP contribution in [0, 0.1) is 10.8 Å². The summed E-state index contributed by atoms with van der Waals surface area (Å²) in [6.45, 7) is 5.64. The fourth-order valence-electron chi connectivity index (χ4n) is 1.37. The Morgan fingerprint density at radius 3 is 2.27 bits per heavy atom. The minimum Gasteiger partial charge on any atom is -0.388 e. The number of carbonyl (C=O) groups excluding carboxylic acids is 1. The number of amidine groups is 1. The molecule has 1 atom stereocenters. The fraction of sp³-hybridized carbons (Fsp3) is 0.818. The van der Waals surface area contributed by atoms with E-state index in [-0.39, 0.29) is 23.1 Å². The van der Waals surface area contributed by atoms with E-state index in [1.807, 2.05) is 20.8 Å². The van der Waals surface area contributed by atoms with Crippen molar-refractivity contribution >= 4 is 11.6 Å². The fourth-order valence-corrected chi connectivity index (χ4v) is 1.37. The maximum absolute atomic E-state index is 11.7. The SMILES string of the molecule is CC(C)(C)C(=O)C(N)CCCCC(=N)N. The van der Waals surface area contributed by atoms with Crippen molar-refractivity contribution in [2.45, 2.75) is 52.5 Å². The molecule has 0 heterocycles. The van der Waals surface area contributed by atoms with Gasteiger partial charge in [0.25, 0.3) is 0 Å². The van der Waals surface area contributed by atoms with Crippen molar-refractivity contribution in [1.29, 1.82) is 5.41 Å². The van der Waals surface area contributed by atoms with Crippen LogP contribution in [0.25, 0.3) is 0 Å². The van der Waals surface area contributed by atoms with Crippen molar-refractivity contribution in [2.75, 3.05) is 0 Å². The van der Waals surface area contributed by atoms with Gasteiger partial charge in [-0.25, -0.2) is 0 Å². The summed E-state index contributed by atoms with van der Waals surface area (Å²) in [5.74, 6) is 0.302. The Kier molecular flexibility index (Phi) is 5.50. The standard InChI is InChI=1S/C11H23N3O/c1-11(2,3)10(15)8(12)6-4-5-7-9(13)14/h8H,4-7,12H2,1-3H3,(H3,13,14). The Morgan fingerprint density at radius 1 is 1.33 bits per heavy atom. The largest absolute Gasteiger partial charge is 0.388 e. The van der Waals surface area contributed by atoms with Crippen molar-refractivity contribution in [2.24, 2.45) is 16.9 Å². The van der Waals surface area contributed by atoms with Crippen LogP contribution in [0.1, 0.15) is 46.5 Å². The van der Waals surface area contributed by atoms with Gasteiger partial charge in [-0.2, -0.15) is 0 Å². The van der Waals surface area contributed by atoms with Crippen LogP contribution in [-0.4, -0.2) is 17.7 Å². The topological polar surface area (TPSA) is 93.0 Å². The lowest BCUT2D eigenvalue weighted by atomic mass is 9.85. The Hall–Kier alpha value is -0.900. The molecule has 0 saturated heterocycles. The molecule has 0 rings (SSSR count). The zero-order valence-corrected chi connectivity index (χ0v) is 9.97. The van der Waals surface area contributed by atoms with Crippen LogP contribution in [0.5, 0.6) is 0 Å². The van der Waals surface area contributed by atoms with Crippen LogP contribution in [-0.2, 0) is 4.79 Å². The first-order chi connectivity index (χ1) is 6.75. The second-order valence-electron chi connectivity index (χ2n) is 4.99. The van der Waals surface area contributed by atoms with Gasteiger partial charge in [-0.05, 0) is 12.8 Å². The quantitative estimate of drug-likeness (QED) is 0.354. The zero-order valence-electron chi connectivity index (χ0n) is 9.97. The van der Waals surface area contributed by atoms with Crippen LogP contribution in [0.2, 0.25) is 0 Å². The molecule has 0 amide bonds. The molecule has 0 bridgehead atoms. The first kappa shape index (κ1) is 14.1. The number of Topliss-reactive ketones (excluding diaryl/α,β-unsaturated/α-hetero) is 1. The maximum Gasteiger partial charge on any atom is 0.154 e. The highest BCUT2D eigenvalue weighted by atomic mass is 16.1. The van der Waals surface area contributed by atoms with Crippen molar-refractivity contribution in [3.8, 4) is 0 Å². The molecule has 0 fully saturated rings. The number of carbonyl (C=O) groups is 1. The first-order valence-corrected chi connectivity index (χ1v) is 5.38. The smallest absolute Gasteiger partial charge is 0.154 e. The monoisotopic (exact) mass is 213 g/mol. The molecule has 0 aliphatic heterocycles. The van der Waals surface area contributed by atoms with E-state index in [1.165, 1.54) is 0 Å². The van der Waals surface area contributed by atoms with E-state index in [4.69, 9.17) is 16.9 Å². The molecule has 0 aliphatic carbocycles. The molecule has 0 aromatic heterocycles. The van der Waals surface area contributed by atoms with Crippen molar-refractivity contribution in [3.63, 3.8) is 0 Å². The first-order valence-electron chi connectivity index (χ1n) is 5.38. The Bertz CT molecular complexity index is 230. The van der Waals surface area contributed by atoms with Gasteiger partial charge < -0.3 is 11.5 Å². The second kappa shape index (κ2) is 5.85. The molecular weight excluding hydrogens is 190 g/mol. The predicted octanol–water partition coefficient (Wildman–Crippen LogP) is 1.43. The molecule has 0 aromatic carbocycles. The van der Waals surface area contributed by atoms with E-state index in [1.54, 1.807) is 0 Å². The van der Waals surface area contributed by atoms with Crippen LogP contribution >= 0.6 is 0 Å². The van der Waals surface area contributed by atoms with Crippen molar-refractivity contribution in [3.05, 3.63) is 0 Å². The molecule has 88 valence electrons. The van der Waals surface area contributed by atoms with E-state index < -0.39 is 0 Å². The molecule has 0 radical (unpaired) electrons. The summed E-state index contributed by atoms with van der Waals surface area (Å²) in [6.07, 6.45) is 2.96. The van der Waals surface area contributed by atoms with Crippen LogP contribution < -0.4 is 11.5 Å². The summed E-state index contributed by atoms with van der Waals surface area (Å²) in [5.41, 5.74) is 10.6. The average Bonchev–Trinajstić information content (AvgIpc) is 2.09. The Morgan fingerprint density at radius 2 is 1.87 bits per heavy atom.